The van der Waals surface area contributed by atoms with Crippen molar-refractivity contribution in [3.8, 4) is 0 Å². The van der Waals surface area contributed by atoms with E-state index in [2.05, 4.69) is 22.8 Å². The molecule has 0 heterocycles. The largest absolute Gasteiger partial charge is 0.348 e. The fraction of sp³-hybridized carbons (Fsp3) is 0.300. The highest BCUT2D eigenvalue weighted by Crippen LogP contribution is 2.04. The smallest absolute Gasteiger partial charge is 0.309 e. The van der Waals surface area contributed by atoms with Crippen LogP contribution in [0.1, 0.15) is 24.5 Å². The summed E-state index contributed by atoms with van der Waals surface area (Å²) in [7, 11) is 0. The molecule has 0 saturated heterocycles. The Bertz CT molecular complexity index is 641. The molecular formula is C20H24N2O2. The van der Waals surface area contributed by atoms with Crippen molar-refractivity contribution in [2.45, 2.75) is 32.2 Å². The molecule has 1 atom stereocenters. The van der Waals surface area contributed by atoms with E-state index in [1.54, 1.807) is 0 Å². The van der Waals surface area contributed by atoms with Gasteiger partial charge >= 0.3 is 11.8 Å². The van der Waals surface area contributed by atoms with Crippen molar-refractivity contribution in [1.29, 1.82) is 0 Å². The zero-order valence-corrected chi connectivity index (χ0v) is 14.0. The van der Waals surface area contributed by atoms with E-state index in [1.807, 2.05) is 55.5 Å². The third-order valence-corrected chi connectivity index (χ3v) is 3.83. The maximum atomic E-state index is 11.9. The van der Waals surface area contributed by atoms with Crippen LogP contribution in [0.4, 0.5) is 0 Å². The molecule has 0 fully saturated rings. The molecule has 0 aliphatic heterocycles. The third kappa shape index (κ3) is 6.24. The van der Waals surface area contributed by atoms with Crippen LogP contribution in [0.25, 0.3) is 0 Å². The van der Waals surface area contributed by atoms with Gasteiger partial charge in [0.05, 0.1) is 0 Å². The highest BCUT2D eigenvalue weighted by molar-refractivity contribution is 6.35. The molecule has 2 rings (SSSR count). The standard InChI is InChI=1S/C20H24N2O2/c1-16(12-13-17-8-4-2-5-9-17)22-20(24)19(23)21-15-14-18-10-6-3-7-11-18/h2-11,16H,12-15H2,1H3,(H,21,23)(H,22,24)/t16-/m1/s1. The molecule has 0 aliphatic carbocycles. The van der Waals surface area contributed by atoms with E-state index < -0.39 is 11.8 Å². The van der Waals surface area contributed by atoms with Gasteiger partial charge in [0.1, 0.15) is 0 Å². The first-order chi connectivity index (χ1) is 11.6. The summed E-state index contributed by atoms with van der Waals surface area (Å²) in [6.45, 7) is 2.37. The second-order valence-corrected chi connectivity index (χ2v) is 5.89. The van der Waals surface area contributed by atoms with Crippen LogP contribution in [0.15, 0.2) is 60.7 Å². The summed E-state index contributed by atoms with van der Waals surface area (Å²) in [6.07, 6.45) is 2.38. The number of hydrogen-bond donors (Lipinski definition) is 2. The van der Waals surface area contributed by atoms with Gasteiger partial charge in [0.2, 0.25) is 0 Å². The van der Waals surface area contributed by atoms with Gasteiger partial charge in [0.15, 0.2) is 0 Å². The Morgan fingerprint density at radius 3 is 1.96 bits per heavy atom. The fourth-order valence-electron chi connectivity index (χ4n) is 2.43. The zero-order chi connectivity index (χ0) is 17.2. The van der Waals surface area contributed by atoms with Crippen molar-refractivity contribution in [3.05, 3.63) is 71.8 Å². The number of amides is 2. The molecule has 2 amide bonds. The zero-order valence-electron chi connectivity index (χ0n) is 14.0. The number of benzene rings is 2. The van der Waals surface area contributed by atoms with Crippen LogP contribution >= 0.6 is 0 Å². The molecule has 0 unspecified atom stereocenters. The van der Waals surface area contributed by atoms with E-state index in [9.17, 15) is 9.59 Å². The predicted octanol–water partition coefficient (Wildman–Crippen LogP) is 2.48. The Balaban J connectivity index is 1.66. The highest BCUT2D eigenvalue weighted by atomic mass is 16.2. The lowest BCUT2D eigenvalue weighted by atomic mass is 10.1. The van der Waals surface area contributed by atoms with Gasteiger partial charge in [-0.25, -0.2) is 0 Å². The van der Waals surface area contributed by atoms with Gasteiger partial charge in [-0.05, 0) is 37.3 Å². The summed E-state index contributed by atoms with van der Waals surface area (Å²) in [5, 5.41) is 5.41. The second kappa shape index (κ2) is 9.50. The lowest BCUT2D eigenvalue weighted by Gasteiger charge is -2.13. The van der Waals surface area contributed by atoms with E-state index >= 15 is 0 Å². The number of aryl methyl sites for hydroxylation is 1. The van der Waals surface area contributed by atoms with Crippen LogP contribution in [0.2, 0.25) is 0 Å². The molecule has 0 radical (unpaired) electrons. The Hall–Kier alpha value is -2.62. The Kier molecular flexibility index (Phi) is 7.02. The van der Waals surface area contributed by atoms with Gasteiger partial charge in [-0.2, -0.15) is 0 Å². The van der Waals surface area contributed by atoms with Crippen molar-refractivity contribution >= 4 is 11.8 Å². The first-order valence-corrected chi connectivity index (χ1v) is 8.31. The average Bonchev–Trinajstić information content (AvgIpc) is 2.61. The summed E-state index contributed by atoms with van der Waals surface area (Å²) < 4.78 is 0. The van der Waals surface area contributed by atoms with E-state index in [-0.39, 0.29) is 6.04 Å². The third-order valence-electron chi connectivity index (χ3n) is 3.83. The molecule has 0 aliphatic rings. The lowest BCUT2D eigenvalue weighted by molar-refractivity contribution is -0.139. The molecule has 0 spiro atoms. The van der Waals surface area contributed by atoms with Crippen molar-refractivity contribution in [2.75, 3.05) is 6.54 Å². The first kappa shape index (κ1) is 17.7. The summed E-state index contributed by atoms with van der Waals surface area (Å²) in [4.78, 5) is 23.7. The number of carbonyl (C=O) groups is 2. The number of hydrogen-bond acceptors (Lipinski definition) is 2. The molecule has 0 aromatic heterocycles. The van der Waals surface area contributed by atoms with E-state index in [0.717, 1.165) is 18.4 Å². The Morgan fingerprint density at radius 1 is 0.833 bits per heavy atom. The predicted molar refractivity (Wildman–Crippen MR) is 95.5 cm³/mol. The number of rotatable bonds is 7. The molecule has 4 nitrogen and oxygen atoms in total. The van der Waals surface area contributed by atoms with Crippen LogP contribution < -0.4 is 10.6 Å². The average molecular weight is 324 g/mol. The summed E-state index contributed by atoms with van der Waals surface area (Å²) >= 11 is 0. The van der Waals surface area contributed by atoms with Gasteiger partial charge in [-0.3, -0.25) is 9.59 Å². The summed E-state index contributed by atoms with van der Waals surface area (Å²) in [5.74, 6) is -1.14. The molecule has 2 aromatic carbocycles. The molecule has 126 valence electrons. The molecule has 0 saturated carbocycles. The van der Waals surface area contributed by atoms with Crippen molar-refractivity contribution < 1.29 is 9.59 Å². The number of carbonyl (C=O) groups excluding carboxylic acids is 2. The van der Waals surface area contributed by atoms with Crippen molar-refractivity contribution in [2.24, 2.45) is 0 Å². The highest BCUT2D eigenvalue weighted by Gasteiger charge is 2.15. The van der Waals surface area contributed by atoms with Crippen LogP contribution in [-0.4, -0.2) is 24.4 Å². The van der Waals surface area contributed by atoms with Gasteiger partial charge in [-0.1, -0.05) is 60.7 Å². The normalized spacial score (nSPS) is 11.5. The maximum Gasteiger partial charge on any atom is 0.309 e. The van der Waals surface area contributed by atoms with Crippen molar-refractivity contribution in [1.82, 2.24) is 10.6 Å². The summed E-state index contributed by atoms with van der Waals surface area (Å²) in [5.41, 5.74) is 2.36. The number of nitrogens with one attached hydrogen (secondary N) is 2. The molecular weight excluding hydrogens is 300 g/mol. The van der Waals surface area contributed by atoms with E-state index in [4.69, 9.17) is 0 Å². The SMILES string of the molecule is C[C@H](CCc1ccccc1)NC(=O)C(=O)NCCc1ccccc1. The van der Waals surface area contributed by atoms with Crippen LogP contribution in [-0.2, 0) is 22.4 Å². The van der Waals surface area contributed by atoms with Gasteiger partial charge in [0.25, 0.3) is 0 Å². The first-order valence-electron chi connectivity index (χ1n) is 8.31. The minimum Gasteiger partial charge on any atom is -0.348 e. The molecule has 24 heavy (non-hydrogen) atoms. The van der Waals surface area contributed by atoms with Gasteiger partial charge in [-0.15, -0.1) is 0 Å². The minimum absolute atomic E-state index is 0.0439. The van der Waals surface area contributed by atoms with Crippen LogP contribution in [0.3, 0.4) is 0 Å². The topological polar surface area (TPSA) is 58.2 Å². The Morgan fingerprint density at radius 2 is 1.38 bits per heavy atom. The van der Waals surface area contributed by atoms with E-state index in [0.29, 0.717) is 13.0 Å². The lowest BCUT2D eigenvalue weighted by Crippen LogP contribution is -2.44. The minimum atomic E-state index is -0.572. The molecule has 2 N–H and O–H groups in total. The van der Waals surface area contributed by atoms with Gasteiger partial charge in [0, 0.05) is 12.6 Å². The fourth-order valence-corrected chi connectivity index (χ4v) is 2.43. The second-order valence-electron chi connectivity index (χ2n) is 5.89. The summed E-state index contributed by atoms with van der Waals surface area (Å²) in [6, 6.07) is 19.9. The van der Waals surface area contributed by atoms with Crippen LogP contribution in [0, 0.1) is 0 Å². The van der Waals surface area contributed by atoms with E-state index in [1.165, 1.54) is 5.56 Å². The van der Waals surface area contributed by atoms with Crippen LogP contribution in [0.5, 0.6) is 0 Å². The molecule has 4 heteroatoms. The Labute approximate surface area is 143 Å². The van der Waals surface area contributed by atoms with Gasteiger partial charge < -0.3 is 10.6 Å². The van der Waals surface area contributed by atoms with Crippen molar-refractivity contribution in [3.63, 3.8) is 0 Å². The monoisotopic (exact) mass is 324 g/mol. The molecule has 0 bridgehead atoms. The molecule has 2 aromatic rings. The maximum absolute atomic E-state index is 11.9. The quantitative estimate of drug-likeness (QED) is 0.769.